The normalized spacial score (nSPS) is 20.3. The largest absolute Gasteiger partial charge is 0.399 e. The standard InChI is InChI=1S/C14H21N3OS/c15-12-1-2-14-13(11-12)17(7-10-19-14)4-3-16-5-8-18-9-6-16/h1-2,11H,3-10,15H2. The smallest absolute Gasteiger partial charge is 0.0594 e. The number of rotatable bonds is 3. The maximum atomic E-state index is 5.92. The summed E-state index contributed by atoms with van der Waals surface area (Å²) < 4.78 is 5.39. The Morgan fingerprint density at radius 1 is 1.16 bits per heavy atom. The molecule has 0 aromatic heterocycles. The van der Waals surface area contributed by atoms with Crippen molar-refractivity contribution in [3.8, 4) is 0 Å². The van der Waals surface area contributed by atoms with E-state index in [0.29, 0.717) is 0 Å². The minimum absolute atomic E-state index is 0.859. The summed E-state index contributed by atoms with van der Waals surface area (Å²) in [7, 11) is 0. The number of nitrogen functional groups attached to an aromatic ring is 1. The van der Waals surface area contributed by atoms with Gasteiger partial charge in [0.05, 0.1) is 18.9 Å². The van der Waals surface area contributed by atoms with E-state index < -0.39 is 0 Å². The first-order valence-electron chi connectivity index (χ1n) is 6.90. The van der Waals surface area contributed by atoms with Crippen LogP contribution in [-0.2, 0) is 4.74 Å². The predicted octanol–water partition coefficient (Wildman–Crippen LogP) is 1.51. The molecule has 104 valence electrons. The Hall–Kier alpha value is -0.910. The van der Waals surface area contributed by atoms with Crippen molar-refractivity contribution in [3.63, 3.8) is 0 Å². The molecule has 2 heterocycles. The Kier molecular flexibility index (Phi) is 4.15. The fourth-order valence-electron chi connectivity index (χ4n) is 2.61. The monoisotopic (exact) mass is 279 g/mol. The van der Waals surface area contributed by atoms with Crippen molar-refractivity contribution < 1.29 is 4.74 Å². The van der Waals surface area contributed by atoms with Crippen LogP contribution in [0.25, 0.3) is 0 Å². The van der Waals surface area contributed by atoms with E-state index in [-0.39, 0.29) is 0 Å². The molecule has 0 aliphatic carbocycles. The molecule has 3 rings (SSSR count). The van der Waals surface area contributed by atoms with Crippen LogP contribution in [0, 0.1) is 0 Å². The predicted molar refractivity (Wildman–Crippen MR) is 81.1 cm³/mol. The molecule has 0 bridgehead atoms. The van der Waals surface area contributed by atoms with Crippen LogP contribution in [0.5, 0.6) is 0 Å². The first kappa shape index (κ1) is 13.1. The Morgan fingerprint density at radius 3 is 2.84 bits per heavy atom. The summed E-state index contributed by atoms with van der Waals surface area (Å²) in [6.45, 7) is 7.18. The first-order valence-corrected chi connectivity index (χ1v) is 7.89. The van der Waals surface area contributed by atoms with Gasteiger partial charge in [0.2, 0.25) is 0 Å². The second-order valence-electron chi connectivity index (χ2n) is 5.02. The van der Waals surface area contributed by atoms with E-state index in [9.17, 15) is 0 Å². The van der Waals surface area contributed by atoms with Gasteiger partial charge in [0.15, 0.2) is 0 Å². The summed E-state index contributed by atoms with van der Waals surface area (Å²) in [6, 6.07) is 6.26. The number of hydrogen-bond donors (Lipinski definition) is 1. The minimum Gasteiger partial charge on any atom is -0.399 e. The van der Waals surface area contributed by atoms with Gasteiger partial charge >= 0.3 is 0 Å². The Balaban J connectivity index is 1.64. The lowest BCUT2D eigenvalue weighted by atomic mass is 10.2. The average molecular weight is 279 g/mol. The molecule has 1 aromatic carbocycles. The van der Waals surface area contributed by atoms with E-state index in [1.807, 2.05) is 17.8 Å². The second-order valence-corrected chi connectivity index (χ2v) is 6.15. The molecule has 1 aromatic rings. The number of hydrogen-bond acceptors (Lipinski definition) is 5. The summed E-state index contributed by atoms with van der Waals surface area (Å²) >= 11 is 1.93. The first-order chi connectivity index (χ1) is 9.33. The minimum atomic E-state index is 0.859. The third-order valence-corrected chi connectivity index (χ3v) is 4.78. The molecule has 2 aliphatic heterocycles. The zero-order chi connectivity index (χ0) is 13.1. The van der Waals surface area contributed by atoms with E-state index in [0.717, 1.165) is 51.6 Å². The van der Waals surface area contributed by atoms with Gasteiger partial charge in [0, 0.05) is 49.1 Å². The number of anilines is 2. The third-order valence-electron chi connectivity index (χ3n) is 3.73. The van der Waals surface area contributed by atoms with Crippen LogP contribution < -0.4 is 10.6 Å². The molecule has 0 unspecified atom stereocenters. The third kappa shape index (κ3) is 3.16. The number of nitrogens with two attached hydrogens (primary N) is 1. The maximum Gasteiger partial charge on any atom is 0.0594 e. The van der Waals surface area contributed by atoms with Crippen molar-refractivity contribution in [2.45, 2.75) is 4.90 Å². The quantitative estimate of drug-likeness (QED) is 0.850. The van der Waals surface area contributed by atoms with Crippen molar-refractivity contribution in [2.75, 3.05) is 62.3 Å². The van der Waals surface area contributed by atoms with Crippen molar-refractivity contribution >= 4 is 23.1 Å². The van der Waals surface area contributed by atoms with Gasteiger partial charge in [-0.2, -0.15) is 0 Å². The molecule has 0 atom stereocenters. The SMILES string of the molecule is Nc1ccc2c(c1)N(CCN1CCOCC1)CCS2. The molecular weight excluding hydrogens is 258 g/mol. The van der Waals surface area contributed by atoms with Gasteiger partial charge < -0.3 is 15.4 Å². The van der Waals surface area contributed by atoms with Gasteiger partial charge in [-0.3, -0.25) is 4.90 Å². The van der Waals surface area contributed by atoms with Crippen molar-refractivity contribution in [2.24, 2.45) is 0 Å². The summed E-state index contributed by atoms with van der Waals surface area (Å²) in [5, 5.41) is 0. The van der Waals surface area contributed by atoms with E-state index in [4.69, 9.17) is 10.5 Å². The van der Waals surface area contributed by atoms with Gasteiger partial charge in [-0.05, 0) is 18.2 Å². The molecule has 0 radical (unpaired) electrons. The number of benzene rings is 1. The van der Waals surface area contributed by atoms with Crippen LogP contribution >= 0.6 is 11.8 Å². The fourth-order valence-corrected chi connectivity index (χ4v) is 3.64. The second kappa shape index (κ2) is 6.03. The molecule has 1 saturated heterocycles. The Bertz CT molecular complexity index is 435. The van der Waals surface area contributed by atoms with Crippen molar-refractivity contribution in [1.82, 2.24) is 4.90 Å². The average Bonchev–Trinajstić information content (AvgIpc) is 2.46. The Morgan fingerprint density at radius 2 is 2.00 bits per heavy atom. The lowest BCUT2D eigenvalue weighted by Gasteiger charge is -2.34. The molecule has 2 aliphatic rings. The zero-order valence-electron chi connectivity index (χ0n) is 11.2. The number of ether oxygens (including phenoxy) is 1. The van der Waals surface area contributed by atoms with E-state index in [1.165, 1.54) is 16.3 Å². The molecule has 2 N–H and O–H groups in total. The van der Waals surface area contributed by atoms with Crippen molar-refractivity contribution in [1.29, 1.82) is 0 Å². The van der Waals surface area contributed by atoms with Gasteiger partial charge in [-0.1, -0.05) is 0 Å². The maximum absolute atomic E-state index is 5.92. The lowest BCUT2D eigenvalue weighted by molar-refractivity contribution is 0.0392. The van der Waals surface area contributed by atoms with E-state index in [2.05, 4.69) is 21.9 Å². The highest BCUT2D eigenvalue weighted by Gasteiger charge is 2.18. The molecular formula is C14H21N3OS. The highest BCUT2D eigenvalue weighted by molar-refractivity contribution is 7.99. The van der Waals surface area contributed by atoms with E-state index >= 15 is 0 Å². The van der Waals surface area contributed by atoms with Gasteiger partial charge in [0.25, 0.3) is 0 Å². The number of nitrogens with zero attached hydrogens (tertiary/aromatic N) is 2. The summed E-state index contributed by atoms with van der Waals surface area (Å²) in [4.78, 5) is 6.32. The van der Waals surface area contributed by atoms with Crippen LogP contribution in [0.3, 0.4) is 0 Å². The number of fused-ring (bicyclic) bond motifs is 1. The van der Waals surface area contributed by atoms with Gasteiger partial charge in [-0.15, -0.1) is 11.8 Å². The molecule has 5 heteroatoms. The molecule has 19 heavy (non-hydrogen) atoms. The van der Waals surface area contributed by atoms with Crippen LogP contribution in [0.15, 0.2) is 23.1 Å². The van der Waals surface area contributed by atoms with Crippen LogP contribution in [0.2, 0.25) is 0 Å². The van der Waals surface area contributed by atoms with Gasteiger partial charge in [0.1, 0.15) is 0 Å². The highest BCUT2D eigenvalue weighted by atomic mass is 32.2. The summed E-state index contributed by atoms with van der Waals surface area (Å²) in [5.74, 6) is 1.17. The fraction of sp³-hybridized carbons (Fsp3) is 0.571. The Labute approximate surface area is 118 Å². The zero-order valence-corrected chi connectivity index (χ0v) is 12.0. The lowest BCUT2D eigenvalue weighted by Crippen LogP contribution is -2.42. The molecule has 0 spiro atoms. The highest BCUT2D eigenvalue weighted by Crippen LogP contribution is 2.35. The van der Waals surface area contributed by atoms with Crippen LogP contribution in [0.1, 0.15) is 0 Å². The van der Waals surface area contributed by atoms with E-state index in [1.54, 1.807) is 0 Å². The van der Waals surface area contributed by atoms with Gasteiger partial charge in [-0.25, -0.2) is 0 Å². The molecule has 0 amide bonds. The molecule has 0 saturated carbocycles. The van der Waals surface area contributed by atoms with Crippen LogP contribution in [-0.4, -0.2) is 56.6 Å². The topological polar surface area (TPSA) is 41.7 Å². The molecule has 1 fully saturated rings. The summed E-state index contributed by atoms with van der Waals surface area (Å²) in [6.07, 6.45) is 0. The summed E-state index contributed by atoms with van der Waals surface area (Å²) in [5.41, 5.74) is 8.09. The van der Waals surface area contributed by atoms with Crippen LogP contribution in [0.4, 0.5) is 11.4 Å². The molecule has 4 nitrogen and oxygen atoms in total. The van der Waals surface area contributed by atoms with Crippen molar-refractivity contribution in [3.05, 3.63) is 18.2 Å². The number of morpholine rings is 1. The number of thioether (sulfide) groups is 1.